The Morgan fingerprint density at radius 2 is 2.06 bits per heavy atom. The summed E-state index contributed by atoms with van der Waals surface area (Å²) in [4.78, 5) is 11.8. The standard InChI is InChI=1S/C23H28FN7/c1-5-19(17-7-9-18(24)10-8-17)22(20-14-27-23(30-20)26-13-15(3)25)29-16(4)21-11-12-28-31(21)6-2/h7-14,19,22,25,29H,4-6H2,1-3H3,(H,27,30)/b25-15?,26-13-. The zero-order valence-electron chi connectivity index (χ0n) is 18.1. The van der Waals surface area contributed by atoms with Crippen LogP contribution >= 0.6 is 0 Å². The van der Waals surface area contributed by atoms with Gasteiger partial charge in [0.05, 0.1) is 35.5 Å². The molecular weight excluding hydrogens is 393 g/mol. The molecule has 0 aliphatic carbocycles. The van der Waals surface area contributed by atoms with Crippen molar-refractivity contribution >= 4 is 23.6 Å². The molecule has 0 fully saturated rings. The van der Waals surface area contributed by atoms with E-state index in [0.717, 1.165) is 35.6 Å². The molecule has 162 valence electrons. The summed E-state index contributed by atoms with van der Waals surface area (Å²) < 4.78 is 15.4. The summed E-state index contributed by atoms with van der Waals surface area (Å²) in [7, 11) is 0. The number of halogens is 1. The minimum Gasteiger partial charge on any atom is -0.375 e. The lowest BCUT2D eigenvalue weighted by molar-refractivity contribution is 0.478. The highest BCUT2D eigenvalue weighted by atomic mass is 19.1. The van der Waals surface area contributed by atoms with Gasteiger partial charge < -0.3 is 15.7 Å². The second kappa shape index (κ2) is 9.97. The van der Waals surface area contributed by atoms with Crippen LogP contribution in [-0.2, 0) is 6.54 Å². The number of aliphatic imine (C=N–C) groups is 1. The summed E-state index contributed by atoms with van der Waals surface area (Å²) in [6.45, 7) is 10.7. The molecule has 0 spiro atoms. The molecule has 1 aromatic carbocycles. The van der Waals surface area contributed by atoms with E-state index in [-0.39, 0.29) is 17.8 Å². The zero-order chi connectivity index (χ0) is 22.4. The summed E-state index contributed by atoms with van der Waals surface area (Å²) >= 11 is 0. The van der Waals surface area contributed by atoms with E-state index in [9.17, 15) is 4.39 Å². The lowest BCUT2D eigenvalue weighted by Crippen LogP contribution is -2.27. The number of H-pyrrole nitrogens is 1. The van der Waals surface area contributed by atoms with Crippen LogP contribution < -0.4 is 5.32 Å². The Balaban J connectivity index is 1.97. The summed E-state index contributed by atoms with van der Waals surface area (Å²) in [5.74, 6) is 0.184. The van der Waals surface area contributed by atoms with Crippen LogP contribution in [0.5, 0.6) is 0 Å². The van der Waals surface area contributed by atoms with E-state index in [1.54, 1.807) is 19.3 Å². The lowest BCUT2D eigenvalue weighted by Gasteiger charge is -2.28. The van der Waals surface area contributed by atoms with Gasteiger partial charge in [0.1, 0.15) is 5.82 Å². The van der Waals surface area contributed by atoms with Crippen molar-refractivity contribution < 1.29 is 4.39 Å². The average molecular weight is 422 g/mol. The highest BCUT2D eigenvalue weighted by molar-refractivity contribution is 6.28. The van der Waals surface area contributed by atoms with Gasteiger partial charge in [-0.1, -0.05) is 25.6 Å². The molecule has 31 heavy (non-hydrogen) atoms. The number of hydrogen-bond donors (Lipinski definition) is 3. The van der Waals surface area contributed by atoms with Gasteiger partial charge in [-0.3, -0.25) is 4.68 Å². The van der Waals surface area contributed by atoms with Crippen LogP contribution in [0.4, 0.5) is 10.3 Å². The number of aromatic amines is 1. The van der Waals surface area contributed by atoms with Crippen molar-refractivity contribution in [1.82, 2.24) is 25.1 Å². The highest BCUT2D eigenvalue weighted by Crippen LogP contribution is 2.35. The number of imidazole rings is 1. The van der Waals surface area contributed by atoms with Crippen LogP contribution in [0.1, 0.15) is 56.1 Å². The van der Waals surface area contributed by atoms with E-state index in [2.05, 4.69) is 38.9 Å². The number of aryl methyl sites for hydroxylation is 1. The molecule has 2 heterocycles. The van der Waals surface area contributed by atoms with Crippen LogP contribution in [0.25, 0.3) is 5.70 Å². The maximum atomic E-state index is 13.5. The Bertz CT molecular complexity index is 1060. The normalized spacial score (nSPS) is 13.3. The first-order chi connectivity index (χ1) is 14.9. The molecule has 3 aromatic rings. The molecule has 0 aliphatic heterocycles. The van der Waals surface area contributed by atoms with Crippen LogP contribution in [0.15, 0.2) is 54.3 Å². The first-order valence-electron chi connectivity index (χ1n) is 10.3. The van der Waals surface area contributed by atoms with Gasteiger partial charge in [-0.2, -0.15) is 5.10 Å². The van der Waals surface area contributed by atoms with Crippen molar-refractivity contribution in [2.45, 2.75) is 45.7 Å². The number of benzene rings is 1. The van der Waals surface area contributed by atoms with Crippen LogP contribution in [-0.4, -0.2) is 31.7 Å². The van der Waals surface area contributed by atoms with Gasteiger partial charge in [0.25, 0.3) is 0 Å². The fourth-order valence-electron chi connectivity index (χ4n) is 3.58. The van der Waals surface area contributed by atoms with Crippen molar-refractivity contribution in [2.24, 2.45) is 4.99 Å². The minimum absolute atomic E-state index is 0.0251. The quantitative estimate of drug-likeness (QED) is 0.402. The van der Waals surface area contributed by atoms with Gasteiger partial charge >= 0.3 is 0 Å². The third-order valence-electron chi connectivity index (χ3n) is 5.09. The SMILES string of the molecule is C=C(NC(c1cnc(/N=C\C(C)=N)[nH]1)C(CC)c1ccc(F)cc1)c1ccnn1CC. The van der Waals surface area contributed by atoms with Crippen molar-refractivity contribution in [3.8, 4) is 0 Å². The fourth-order valence-corrected chi connectivity index (χ4v) is 3.58. The molecule has 2 atom stereocenters. The highest BCUT2D eigenvalue weighted by Gasteiger charge is 2.26. The maximum Gasteiger partial charge on any atom is 0.227 e. The third-order valence-corrected chi connectivity index (χ3v) is 5.09. The number of nitrogens with zero attached hydrogens (tertiary/aromatic N) is 4. The molecule has 0 saturated heterocycles. The van der Waals surface area contributed by atoms with Crippen molar-refractivity contribution in [2.75, 3.05) is 0 Å². The molecule has 3 rings (SSSR count). The molecule has 3 N–H and O–H groups in total. The predicted octanol–water partition coefficient (Wildman–Crippen LogP) is 5.00. The average Bonchev–Trinajstić information content (AvgIpc) is 3.42. The molecule has 0 saturated carbocycles. The predicted molar refractivity (Wildman–Crippen MR) is 122 cm³/mol. The summed E-state index contributed by atoms with van der Waals surface area (Å²) in [5.41, 5.74) is 3.81. The summed E-state index contributed by atoms with van der Waals surface area (Å²) in [6, 6.07) is 8.29. The van der Waals surface area contributed by atoms with Crippen molar-refractivity contribution in [3.63, 3.8) is 0 Å². The van der Waals surface area contributed by atoms with Gasteiger partial charge in [-0.25, -0.2) is 14.4 Å². The smallest absolute Gasteiger partial charge is 0.227 e. The Labute approximate surface area is 181 Å². The molecule has 0 amide bonds. The largest absolute Gasteiger partial charge is 0.375 e. The van der Waals surface area contributed by atoms with E-state index >= 15 is 0 Å². The van der Waals surface area contributed by atoms with Gasteiger partial charge in [-0.15, -0.1) is 0 Å². The number of aromatic nitrogens is 4. The molecule has 8 heteroatoms. The monoisotopic (exact) mass is 421 g/mol. The Hall–Kier alpha value is -3.55. The first kappa shape index (κ1) is 22.1. The molecule has 2 aromatic heterocycles. The molecule has 7 nitrogen and oxygen atoms in total. The number of hydrogen-bond acceptors (Lipinski definition) is 5. The topological polar surface area (TPSA) is 94.7 Å². The lowest BCUT2D eigenvalue weighted by atomic mass is 9.87. The molecule has 0 radical (unpaired) electrons. The van der Waals surface area contributed by atoms with Crippen LogP contribution in [0, 0.1) is 11.2 Å². The number of nitrogens with one attached hydrogen (secondary N) is 3. The van der Waals surface area contributed by atoms with E-state index in [4.69, 9.17) is 5.41 Å². The third kappa shape index (κ3) is 5.33. The minimum atomic E-state index is -0.264. The maximum absolute atomic E-state index is 13.5. The van der Waals surface area contributed by atoms with Gasteiger partial charge in [0, 0.05) is 24.4 Å². The van der Waals surface area contributed by atoms with Crippen LogP contribution in [0.2, 0.25) is 0 Å². The second-order valence-corrected chi connectivity index (χ2v) is 7.30. The molecule has 0 bridgehead atoms. The zero-order valence-corrected chi connectivity index (χ0v) is 18.1. The van der Waals surface area contributed by atoms with Gasteiger partial charge in [-0.05, 0) is 44.0 Å². The molecule has 0 aliphatic rings. The molecule has 2 unspecified atom stereocenters. The van der Waals surface area contributed by atoms with Crippen molar-refractivity contribution in [1.29, 1.82) is 5.41 Å². The van der Waals surface area contributed by atoms with E-state index in [1.165, 1.54) is 18.3 Å². The van der Waals surface area contributed by atoms with E-state index in [1.807, 2.05) is 29.8 Å². The van der Waals surface area contributed by atoms with Crippen molar-refractivity contribution in [3.05, 3.63) is 72.1 Å². The Morgan fingerprint density at radius 3 is 2.71 bits per heavy atom. The Morgan fingerprint density at radius 1 is 1.32 bits per heavy atom. The Kier molecular flexibility index (Phi) is 7.12. The second-order valence-electron chi connectivity index (χ2n) is 7.30. The van der Waals surface area contributed by atoms with E-state index in [0.29, 0.717) is 11.7 Å². The van der Waals surface area contributed by atoms with Gasteiger partial charge in [0.15, 0.2) is 0 Å². The summed E-state index contributed by atoms with van der Waals surface area (Å²) in [6.07, 6.45) is 5.74. The van der Waals surface area contributed by atoms with Gasteiger partial charge in [0.2, 0.25) is 5.95 Å². The van der Waals surface area contributed by atoms with Crippen LogP contribution in [0.3, 0.4) is 0 Å². The molecular formula is C23H28FN7. The summed E-state index contributed by atoms with van der Waals surface area (Å²) in [5, 5.41) is 15.4. The van der Waals surface area contributed by atoms with E-state index < -0.39 is 0 Å². The fraction of sp³-hybridized carbons (Fsp3) is 0.304. The first-order valence-corrected chi connectivity index (χ1v) is 10.3. The number of rotatable bonds is 10.